The van der Waals surface area contributed by atoms with Crippen LogP contribution in [0.3, 0.4) is 0 Å². The summed E-state index contributed by atoms with van der Waals surface area (Å²) in [5, 5.41) is -3.01. The van der Waals surface area contributed by atoms with Crippen molar-refractivity contribution in [2.45, 2.75) is 24.3 Å². The van der Waals surface area contributed by atoms with Gasteiger partial charge in [-0.15, -0.1) is 0 Å². The van der Waals surface area contributed by atoms with Gasteiger partial charge in [0, 0.05) is 0 Å². The second kappa shape index (κ2) is 1.55. The van der Waals surface area contributed by atoms with E-state index in [1.54, 1.807) is 0 Å². The van der Waals surface area contributed by atoms with Crippen molar-refractivity contribution < 1.29 is 17.9 Å². The van der Waals surface area contributed by atoms with Crippen LogP contribution in [-0.2, 0) is 4.74 Å². The summed E-state index contributed by atoms with van der Waals surface area (Å²) in [7, 11) is 0. The van der Waals surface area contributed by atoms with Gasteiger partial charge in [-0.05, 0) is 6.92 Å². The Kier molecular flexibility index (Phi) is 1.23. The van der Waals surface area contributed by atoms with Gasteiger partial charge in [-0.2, -0.15) is 8.78 Å². The number of halogens is 4. The molecule has 1 aliphatic heterocycles. The summed E-state index contributed by atoms with van der Waals surface area (Å²) in [6.07, 6.45) is -5.04. The number of hydrogen-bond donors (Lipinski definition) is 0. The minimum atomic E-state index is -3.81. The van der Waals surface area contributed by atoms with E-state index in [1.807, 2.05) is 0 Å². The molecule has 1 nitrogen and oxygen atoms in total. The first kappa shape index (κ1) is 7.15. The molecular weight excluding hydrogens is 156 g/mol. The van der Waals surface area contributed by atoms with Gasteiger partial charge in [-0.25, -0.2) is 4.39 Å². The Morgan fingerprint density at radius 1 is 1.44 bits per heavy atom. The van der Waals surface area contributed by atoms with Gasteiger partial charge in [0.25, 0.3) is 5.13 Å². The molecule has 9 heavy (non-hydrogen) atoms. The summed E-state index contributed by atoms with van der Waals surface area (Å²) in [5.74, 6) is 0. The molecule has 0 spiro atoms. The van der Waals surface area contributed by atoms with E-state index < -0.39 is 17.3 Å². The molecule has 0 aliphatic carbocycles. The largest absolute Gasteiger partial charge is 0.406 e. The van der Waals surface area contributed by atoms with Gasteiger partial charge in [0.1, 0.15) is 6.10 Å². The molecule has 2 unspecified atom stereocenters. The van der Waals surface area contributed by atoms with Crippen LogP contribution in [0.1, 0.15) is 6.92 Å². The average molecular weight is 161 g/mol. The highest BCUT2D eigenvalue weighted by atomic mass is 35.5. The molecule has 0 saturated carbocycles. The monoisotopic (exact) mass is 160 g/mol. The standard InChI is InChI=1S/C4H4ClF3O/c1-2-3(5,6)4(7,8)9-2/h2H,1H3. The Balaban J connectivity index is 2.70. The highest BCUT2D eigenvalue weighted by Crippen LogP contribution is 2.50. The van der Waals surface area contributed by atoms with Crippen LogP contribution in [0.25, 0.3) is 0 Å². The molecule has 0 aromatic carbocycles. The lowest BCUT2D eigenvalue weighted by molar-refractivity contribution is -0.406. The molecule has 0 aromatic rings. The summed E-state index contributed by atoms with van der Waals surface area (Å²) in [5.41, 5.74) is 0. The molecule has 54 valence electrons. The Morgan fingerprint density at radius 3 is 1.89 bits per heavy atom. The third-order valence-corrected chi connectivity index (χ3v) is 1.75. The number of hydrogen-bond acceptors (Lipinski definition) is 1. The van der Waals surface area contributed by atoms with Crippen molar-refractivity contribution in [3.05, 3.63) is 0 Å². The molecule has 5 heteroatoms. The Labute approximate surface area is 54.7 Å². The number of rotatable bonds is 0. The van der Waals surface area contributed by atoms with Crippen LogP contribution in [0.15, 0.2) is 0 Å². The molecule has 2 atom stereocenters. The molecule has 1 saturated heterocycles. The summed E-state index contributed by atoms with van der Waals surface area (Å²) in [6, 6.07) is 0. The van der Waals surface area contributed by atoms with E-state index in [0.717, 1.165) is 6.92 Å². The molecule has 1 aliphatic rings. The predicted octanol–water partition coefficient (Wildman–Crippen LogP) is 1.90. The van der Waals surface area contributed by atoms with E-state index in [0.29, 0.717) is 0 Å². The third-order valence-electron chi connectivity index (χ3n) is 1.22. The van der Waals surface area contributed by atoms with Gasteiger partial charge in [0.05, 0.1) is 0 Å². The lowest BCUT2D eigenvalue weighted by atomic mass is 10.1. The number of alkyl halides is 4. The lowest BCUT2D eigenvalue weighted by Gasteiger charge is -2.42. The fourth-order valence-corrected chi connectivity index (χ4v) is 0.642. The molecular formula is C4H4ClF3O. The molecule has 0 amide bonds. The zero-order chi connectivity index (χ0) is 7.28. The van der Waals surface area contributed by atoms with Crippen molar-refractivity contribution in [3.63, 3.8) is 0 Å². The van der Waals surface area contributed by atoms with Crippen molar-refractivity contribution in [1.82, 2.24) is 0 Å². The topological polar surface area (TPSA) is 9.23 Å². The van der Waals surface area contributed by atoms with E-state index in [9.17, 15) is 13.2 Å². The van der Waals surface area contributed by atoms with E-state index in [1.165, 1.54) is 0 Å². The van der Waals surface area contributed by atoms with Crippen molar-refractivity contribution in [2.24, 2.45) is 0 Å². The smallest absolute Gasteiger partial charge is 0.309 e. The molecule has 0 N–H and O–H groups in total. The van der Waals surface area contributed by atoms with Gasteiger partial charge in [0.2, 0.25) is 0 Å². The molecule has 1 rings (SSSR count). The number of ether oxygens (including phenoxy) is 1. The minimum Gasteiger partial charge on any atom is -0.309 e. The summed E-state index contributed by atoms with van der Waals surface area (Å²) in [4.78, 5) is 0. The van der Waals surface area contributed by atoms with Crippen LogP contribution in [-0.4, -0.2) is 17.3 Å². The van der Waals surface area contributed by atoms with Crippen molar-refractivity contribution >= 4 is 11.6 Å². The molecule has 1 fully saturated rings. The maximum Gasteiger partial charge on any atom is 0.406 e. The van der Waals surface area contributed by atoms with Crippen LogP contribution in [0.5, 0.6) is 0 Å². The second-order valence-electron chi connectivity index (χ2n) is 1.90. The van der Waals surface area contributed by atoms with Gasteiger partial charge in [-0.3, -0.25) is 0 Å². The zero-order valence-electron chi connectivity index (χ0n) is 4.50. The maximum atomic E-state index is 12.3. The molecule has 0 radical (unpaired) electrons. The normalized spacial score (nSPS) is 48.3. The van der Waals surface area contributed by atoms with Crippen LogP contribution < -0.4 is 0 Å². The fourth-order valence-electron chi connectivity index (χ4n) is 0.553. The maximum absolute atomic E-state index is 12.3. The Bertz CT molecular complexity index is 136. The highest BCUT2D eigenvalue weighted by Gasteiger charge is 2.70. The first-order valence-electron chi connectivity index (χ1n) is 2.31. The Hall–Kier alpha value is 0.0400. The van der Waals surface area contributed by atoms with Gasteiger partial charge in [-0.1, -0.05) is 11.6 Å². The molecule has 0 aromatic heterocycles. The first-order valence-corrected chi connectivity index (χ1v) is 2.69. The van der Waals surface area contributed by atoms with Crippen molar-refractivity contribution in [2.75, 3.05) is 0 Å². The van der Waals surface area contributed by atoms with Gasteiger partial charge in [0.15, 0.2) is 0 Å². The second-order valence-corrected chi connectivity index (χ2v) is 2.45. The first-order chi connectivity index (χ1) is 3.88. The minimum absolute atomic E-state index is 1.14. The quantitative estimate of drug-likeness (QED) is 0.492. The summed E-state index contributed by atoms with van der Waals surface area (Å²) >= 11 is 4.70. The van der Waals surface area contributed by atoms with Gasteiger partial charge < -0.3 is 4.74 Å². The summed E-state index contributed by atoms with van der Waals surface area (Å²) < 4.78 is 39.6. The predicted molar refractivity (Wildman–Crippen MR) is 25.2 cm³/mol. The van der Waals surface area contributed by atoms with Crippen molar-refractivity contribution in [3.8, 4) is 0 Å². The van der Waals surface area contributed by atoms with Gasteiger partial charge >= 0.3 is 6.11 Å². The Morgan fingerprint density at radius 2 is 1.89 bits per heavy atom. The van der Waals surface area contributed by atoms with Crippen molar-refractivity contribution in [1.29, 1.82) is 0 Å². The van der Waals surface area contributed by atoms with Crippen LogP contribution in [0.2, 0.25) is 0 Å². The SMILES string of the molecule is CC1OC(F)(F)C1(F)Cl. The van der Waals surface area contributed by atoms with E-state index in [-0.39, 0.29) is 0 Å². The third kappa shape index (κ3) is 0.730. The van der Waals surface area contributed by atoms with E-state index in [4.69, 9.17) is 11.6 Å². The van der Waals surface area contributed by atoms with Crippen LogP contribution in [0.4, 0.5) is 13.2 Å². The van der Waals surface area contributed by atoms with Crippen LogP contribution in [0, 0.1) is 0 Å². The van der Waals surface area contributed by atoms with Crippen LogP contribution >= 0.6 is 11.6 Å². The van der Waals surface area contributed by atoms with E-state index in [2.05, 4.69) is 4.74 Å². The highest BCUT2D eigenvalue weighted by molar-refractivity contribution is 6.24. The average Bonchev–Trinajstić information content (AvgIpc) is 1.65. The zero-order valence-corrected chi connectivity index (χ0v) is 5.25. The molecule has 1 heterocycles. The molecule has 0 bridgehead atoms. The summed E-state index contributed by atoms with van der Waals surface area (Å²) in [6.45, 7) is 1.14. The van der Waals surface area contributed by atoms with E-state index >= 15 is 0 Å². The fraction of sp³-hybridized carbons (Fsp3) is 1.00. The lowest BCUT2D eigenvalue weighted by Crippen LogP contribution is -2.62.